The van der Waals surface area contributed by atoms with Gasteiger partial charge in [-0.15, -0.1) is 0 Å². The van der Waals surface area contributed by atoms with Gasteiger partial charge >= 0.3 is 5.97 Å². The Morgan fingerprint density at radius 2 is 2.18 bits per heavy atom. The second kappa shape index (κ2) is 6.49. The zero-order valence-corrected chi connectivity index (χ0v) is 7.39. The number of carboxylic acids is 1. The van der Waals surface area contributed by atoms with Gasteiger partial charge in [0.1, 0.15) is 0 Å². The number of carboxylic acid groups (broad SMARTS) is 1. The minimum Gasteiger partial charge on any atom is -0.481 e. The third kappa shape index (κ3) is 7.68. The molecule has 3 nitrogen and oxygen atoms in total. The lowest BCUT2D eigenvalue weighted by Gasteiger charge is -2.06. The molecule has 0 saturated heterocycles. The first-order chi connectivity index (χ1) is 5.16. The molecule has 0 aromatic rings. The van der Waals surface area contributed by atoms with Crippen LogP contribution in [0.5, 0.6) is 0 Å². The van der Waals surface area contributed by atoms with E-state index in [9.17, 15) is 4.79 Å². The van der Waals surface area contributed by atoms with Gasteiger partial charge in [-0.25, -0.2) is 0 Å². The lowest BCUT2D eigenvalue weighted by Crippen LogP contribution is -2.08. The summed E-state index contributed by atoms with van der Waals surface area (Å²) in [5.74, 6) is -0.738. The van der Waals surface area contributed by atoms with Crippen molar-refractivity contribution in [1.29, 1.82) is 0 Å². The maximum absolute atomic E-state index is 10.1. The van der Waals surface area contributed by atoms with Gasteiger partial charge in [0.15, 0.2) is 0 Å². The molecule has 0 radical (unpaired) electrons. The Morgan fingerprint density at radius 1 is 1.55 bits per heavy atom. The molecule has 66 valence electrons. The summed E-state index contributed by atoms with van der Waals surface area (Å²) in [5, 5.41) is 8.57. The monoisotopic (exact) mass is 177 g/mol. The molecule has 0 aliphatic rings. The summed E-state index contributed by atoms with van der Waals surface area (Å²) in [7, 11) is 0. The number of hydrogen-bond donors (Lipinski definition) is 3. The maximum atomic E-state index is 10.1. The van der Waals surface area contributed by atoms with Crippen molar-refractivity contribution in [2.75, 3.05) is 6.54 Å². The summed E-state index contributed by atoms with van der Waals surface area (Å²) in [6.07, 6.45) is 2.64. The number of rotatable bonds is 6. The van der Waals surface area contributed by atoms with E-state index in [4.69, 9.17) is 10.8 Å². The van der Waals surface area contributed by atoms with Gasteiger partial charge in [-0.05, 0) is 25.8 Å². The van der Waals surface area contributed by atoms with Gasteiger partial charge in [0, 0.05) is 11.7 Å². The van der Waals surface area contributed by atoms with Crippen LogP contribution in [-0.4, -0.2) is 22.9 Å². The number of hydrogen-bond acceptors (Lipinski definition) is 3. The molecular formula is C7H15NO2S. The average molecular weight is 177 g/mol. The smallest absolute Gasteiger partial charge is 0.303 e. The number of thiol groups is 1. The van der Waals surface area contributed by atoms with Crippen LogP contribution in [-0.2, 0) is 4.79 Å². The second-order valence-electron chi connectivity index (χ2n) is 2.52. The van der Waals surface area contributed by atoms with Crippen LogP contribution < -0.4 is 5.73 Å². The Balaban J connectivity index is 3.16. The third-order valence-corrected chi connectivity index (χ3v) is 1.94. The molecule has 0 aliphatic carbocycles. The molecular weight excluding hydrogens is 162 g/mol. The molecule has 0 aliphatic heterocycles. The topological polar surface area (TPSA) is 63.3 Å². The van der Waals surface area contributed by atoms with Crippen LogP contribution in [0.4, 0.5) is 0 Å². The zero-order valence-electron chi connectivity index (χ0n) is 6.49. The SMILES string of the molecule is NCCC(S)CCCC(=O)O. The number of aliphatic carboxylic acids is 1. The van der Waals surface area contributed by atoms with Gasteiger partial charge in [-0.2, -0.15) is 12.6 Å². The highest BCUT2D eigenvalue weighted by Crippen LogP contribution is 2.09. The van der Waals surface area contributed by atoms with E-state index in [2.05, 4.69) is 12.6 Å². The predicted molar refractivity (Wildman–Crippen MR) is 47.9 cm³/mol. The lowest BCUT2D eigenvalue weighted by molar-refractivity contribution is -0.137. The molecule has 1 atom stereocenters. The number of nitrogens with two attached hydrogens (primary N) is 1. The first-order valence-corrected chi connectivity index (χ1v) is 4.28. The Labute approximate surface area is 72.4 Å². The van der Waals surface area contributed by atoms with Crippen LogP contribution in [0.15, 0.2) is 0 Å². The largest absolute Gasteiger partial charge is 0.481 e. The van der Waals surface area contributed by atoms with Gasteiger partial charge < -0.3 is 10.8 Å². The highest BCUT2D eigenvalue weighted by Gasteiger charge is 2.03. The fraction of sp³-hybridized carbons (Fsp3) is 0.857. The minimum absolute atomic E-state index is 0.238. The van der Waals surface area contributed by atoms with Gasteiger partial charge in [0.25, 0.3) is 0 Å². The van der Waals surface area contributed by atoms with Crippen LogP contribution >= 0.6 is 12.6 Å². The van der Waals surface area contributed by atoms with Crippen LogP contribution in [0, 0.1) is 0 Å². The summed E-state index contributed by atoms with van der Waals surface area (Å²) in [4.78, 5) is 10.1. The first kappa shape index (κ1) is 10.8. The normalized spacial score (nSPS) is 12.9. The van der Waals surface area contributed by atoms with Gasteiger partial charge in [0.2, 0.25) is 0 Å². The molecule has 0 bridgehead atoms. The van der Waals surface area contributed by atoms with Crippen LogP contribution in [0.25, 0.3) is 0 Å². The Morgan fingerprint density at radius 3 is 2.64 bits per heavy atom. The van der Waals surface area contributed by atoms with Crippen molar-refractivity contribution < 1.29 is 9.90 Å². The summed E-state index contributed by atoms with van der Waals surface area (Å²) in [5.41, 5.74) is 5.30. The third-order valence-electron chi connectivity index (χ3n) is 1.43. The molecule has 0 aromatic heterocycles. The molecule has 1 unspecified atom stereocenters. The molecule has 11 heavy (non-hydrogen) atoms. The lowest BCUT2D eigenvalue weighted by atomic mass is 10.1. The molecule has 4 heteroatoms. The second-order valence-corrected chi connectivity index (χ2v) is 3.25. The van der Waals surface area contributed by atoms with Crippen molar-refractivity contribution in [2.24, 2.45) is 5.73 Å². The van der Waals surface area contributed by atoms with Crippen molar-refractivity contribution in [3.05, 3.63) is 0 Å². The van der Waals surface area contributed by atoms with Crippen molar-refractivity contribution in [3.8, 4) is 0 Å². The molecule has 0 aromatic carbocycles. The molecule has 0 fully saturated rings. The summed E-state index contributed by atoms with van der Waals surface area (Å²) in [6, 6.07) is 0. The van der Waals surface area contributed by atoms with Crippen molar-refractivity contribution in [2.45, 2.75) is 30.9 Å². The van der Waals surface area contributed by atoms with Gasteiger partial charge in [-0.3, -0.25) is 4.79 Å². The van der Waals surface area contributed by atoms with Gasteiger partial charge in [-0.1, -0.05) is 0 Å². The Kier molecular flexibility index (Phi) is 6.36. The van der Waals surface area contributed by atoms with Crippen molar-refractivity contribution >= 4 is 18.6 Å². The van der Waals surface area contributed by atoms with Gasteiger partial charge in [0.05, 0.1) is 0 Å². The summed E-state index contributed by atoms with van der Waals surface area (Å²) >= 11 is 4.24. The number of carbonyl (C=O) groups is 1. The van der Waals surface area contributed by atoms with Crippen molar-refractivity contribution in [3.63, 3.8) is 0 Å². The van der Waals surface area contributed by atoms with E-state index in [1.54, 1.807) is 0 Å². The average Bonchev–Trinajstić information content (AvgIpc) is 1.87. The summed E-state index contributed by atoms with van der Waals surface area (Å²) in [6.45, 7) is 0.626. The predicted octanol–water partition coefficient (Wildman–Crippen LogP) is 0.889. The van der Waals surface area contributed by atoms with E-state index in [1.807, 2.05) is 0 Å². The van der Waals surface area contributed by atoms with E-state index >= 15 is 0 Å². The van der Waals surface area contributed by atoms with E-state index < -0.39 is 5.97 Å². The molecule has 0 heterocycles. The van der Waals surface area contributed by atoms with E-state index in [0.29, 0.717) is 13.0 Å². The Hall–Kier alpha value is -0.220. The molecule has 0 saturated carbocycles. The fourth-order valence-electron chi connectivity index (χ4n) is 0.826. The molecule has 0 spiro atoms. The fourth-order valence-corrected chi connectivity index (χ4v) is 1.16. The summed E-state index contributed by atoms with van der Waals surface area (Å²) < 4.78 is 0. The van der Waals surface area contributed by atoms with Crippen molar-refractivity contribution in [1.82, 2.24) is 0 Å². The molecule has 0 rings (SSSR count). The quantitative estimate of drug-likeness (QED) is 0.528. The highest BCUT2D eigenvalue weighted by molar-refractivity contribution is 7.80. The standard InChI is InChI=1S/C7H15NO2S/c8-5-4-6(11)2-1-3-7(9)10/h6,11H,1-5,8H2,(H,9,10). The molecule has 3 N–H and O–H groups in total. The van der Waals surface area contributed by atoms with E-state index in [1.165, 1.54) is 0 Å². The minimum atomic E-state index is -0.738. The van der Waals surface area contributed by atoms with Crippen LogP contribution in [0.2, 0.25) is 0 Å². The highest BCUT2D eigenvalue weighted by atomic mass is 32.1. The van der Waals surface area contributed by atoms with E-state index in [-0.39, 0.29) is 11.7 Å². The van der Waals surface area contributed by atoms with Crippen LogP contribution in [0.3, 0.4) is 0 Å². The van der Waals surface area contributed by atoms with Crippen LogP contribution in [0.1, 0.15) is 25.7 Å². The zero-order chi connectivity index (χ0) is 8.69. The Bertz CT molecular complexity index is 119. The first-order valence-electron chi connectivity index (χ1n) is 3.76. The maximum Gasteiger partial charge on any atom is 0.303 e. The molecule has 0 amide bonds. The van der Waals surface area contributed by atoms with E-state index in [0.717, 1.165) is 12.8 Å².